The van der Waals surface area contributed by atoms with Crippen LogP contribution >= 0.6 is 0 Å². The zero-order chi connectivity index (χ0) is 6.28. The summed E-state index contributed by atoms with van der Waals surface area (Å²) in [4.78, 5) is 16.2. The molecule has 0 atom stereocenters. The molecule has 0 aromatic heterocycles. The van der Waals surface area contributed by atoms with Crippen LogP contribution in [0.4, 0.5) is 0 Å². The molecule has 0 bridgehead atoms. The van der Waals surface area contributed by atoms with E-state index in [0.717, 1.165) is 5.34 Å². The molecule has 0 aliphatic carbocycles. The van der Waals surface area contributed by atoms with Gasteiger partial charge >= 0.3 is 59.1 Å². The standard InChI is InChI=1S/NO3.HNO2.2Na/c2-1(3)4;2-1-3;;/h;(H,2,3);;/q-1;;2*+1/p-1. The smallest absolute Gasteiger partial charge is 0.444 e. The van der Waals surface area contributed by atoms with Gasteiger partial charge in [-0.25, -0.2) is 0 Å². The van der Waals surface area contributed by atoms with Gasteiger partial charge in [0.05, 0.1) is 5.09 Å². The summed E-state index contributed by atoms with van der Waals surface area (Å²) in [5, 5.41) is 23.8. The summed E-state index contributed by atoms with van der Waals surface area (Å²) in [6, 6.07) is 0. The van der Waals surface area contributed by atoms with Crippen LogP contribution in [0.2, 0.25) is 0 Å². The molecule has 0 rings (SSSR count). The molecule has 0 heterocycles. The Bertz CT molecular complexity index is 60.0. The number of nitrogens with zero attached hydrogens (tertiary/aromatic N) is 2. The van der Waals surface area contributed by atoms with Crippen molar-refractivity contribution in [2.45, 2.75) is 0 Å². The van der Waals surface area contributed by atoms with Crippen LogP contribution in [0.15, 0.2) is 5.34 Å². The van der Waals surface area contributed by atoms with Crippen molar-refractivity contribution >= 4 is 0 Å². The molecule has 0 aromatic rings. The zero-order valence-corrected chi connectivity index (χ0v) is 8.94. The summed E-state index contributed by atoms with van der Waals surface area (Å²) in [7, 11) is 0. The predicted molar refractivity (Wildman–Crippen MR) is 19.5 cm³/mol. The van der Waals surface area contributed by atoms with Crippen molar-refractivity contribution in [1.29, 1.82) is 0 Å². The summed E-state index contributed by atoms with van der Waals surface area (Å²) in [5.41, 5.74) is 0. The summed E-state index contributed by atoms with van der Waals surface area (Å²) < 4.78 is 0. The fraction of sp³-hybridized carbons (Fsp3) is 0. The first-order valence-electron chi connectivity index (χ1n) is 0.913. The van der Waals surface area contributed by atoms with Crippen LogP contribution in [-0.2, 0) is 0 Å². The van der Waals surface area contributed by atoms with E-state index in [0.29, 0.717) is 0 Å². The Kier molecular flexibility index (Phi) is 59.1. The van der Waals surface area contributed by atoms with Gasteiger partial charge in [-0.1, -0.05) is 0 Å². The van der Waals surface area contributed by atoms with Crippen LogP contribution in [0.5, 0.6) is 0 Å². The van der Waals surface area contributed by atoms with Gasteiger partial charge in [0, 0.05) is 0 Å². The van der Waals surface area contributed by atoms with Crippen molar-refractivity contribution in [3.63, 3.8) is 0 Å². The van der Waals surface area contributed by atoms with Crippen LogP contribution < -0.4 is 59.1 Å². The van der Waals surface area contributed by atoms with Gasteiger partial charge < -0.3 is 25.4 Å². The Hall–Kier alpha value is 0.600. The Labute approximate surface area is 94.1 Å². The first-order chi connectivity index (χ1) is 3.15. The third kappa shape index (κ3) is 1040. The van der Waals surface area contributed by atoms with E-state index in [1.807, 2.05) is 0 Å². The van der Waals surface area contributed by atoms with E-state index in [2.05, 4.69) is 0 Å². The van der Waals surface area contributed by atoms with Crippen LogP contribution in [0, 0.1) is 25.4 Å². The van der Waals surface area contributed by atoms with Gasteiger partial charge in [-0.05, 0) is 0 Å². The molecule has 0 fully saturated rings. The van der Waals surface area contributed by atoms with Crippen molar-refractivity contribution in [1.82, 2.24) is 0 Å². The second-order valence-electron chi connectivity index (χ2n) is 0.298. The van der Waals surface area contributed by atoms with Crippen LogP contribution in [0.25, 0.3) is 0 Å². The minimum absolute atomic E-state index is 0. The van der Waals surface area contributed by atoms with E-state index in [1.54, 1.807) is 0 Å². The largest absolute Gasteiger partial charge is 1.00 e. The van der Waals surface area contributed by atoms with E-state index in [1.165, 1.54) is 0 Å². The molecule has 0 saturated heterocycles. The third-order valence-electron chi connectivity index (χ3n) is 0. The molecule has 0 aromatic carbocycles. The fourth-order valence-electron chi connectivity index (χ4n) is 0. The van der Waals surface area contributed by atoms with Gasteiger partial charge in [0.25, 0.3) is 0 Å². The average molecular weight is 154 g/mol. The number of hydrogen-bond donors (Lipinski definition) is 0. The third-order valence-corrected chi connectivity index (χ3v) is 0. The zero-order valence-electron chi connectivity index (χ0n) is 4.94. The molecule has 0 amide bonds. The predicted octanol–water partition coefficient (Wildman–Crippen LogP) is -5.98. The molecule has 7 nitrogen and oxygen atoms in total. The normalized spacial score (nSPS) is 4.00. The van der Waals surface area contributed by atoms with Gasteiger partial charge in [-0.3, -0.25) is 0 Å². The molecule has 0 radical (unpaired) electrons. The average Bonchev–Trinajstić information content (AvgIpc) is 1.33. The summed E-state index contributed by atoms with van der Waals surface area (Å²) >= 11 is 0. The Balaban J connectivity index is -0.0000000233. The number of rotatable bonds is 0. The Morgan fingerprint density at radius 2 is 1.22 bits per heavy atom. The van der Waals surface area contributed by atoms with E-state index in [-0.39, 0.29) is 59.1 Å². The van der Waals surface area contributed by atoms with Crippen molar-refractivity contribution in [2.75, 3.05) is 0 Å². The Morgan fingerprint density at radius 3 is 1.22 bits per heavy atom. The molecule has 0 spiro atoms. The van der Waals surface area contributed by atoms with E-state index >= 15 is 0 Å². The molecule has 0 saturated carbocycles. The molecule has 9 heavy (non-hydrogen) atoms. The van der Waals surface area contributed by atoms with Crippen LogP contribution in [-0.4, -0.2) is 5.09 Å². The summed E-state index contributed by atoms with van der Waals surface area (Å²) in [6.45, 7) is 0. The molecule has 0 aliphatic heterocycles. The quantitative estimate of drug-likeness (QED) is 0.149. The van der Waals surface area contributed by atoms with Gasteiger partial charge in [0.2, 0.25) is 0 Å². The van der Waals surface area contributed by atoms with E-state index < -0.39 is 5.09 Å². The maximum atomic E-state index is 8.25. The first kappa shape index (κ1) is 22.6. The minimum atomic E-state index is -1.75. The van der Waals surface area contributed by atoms with Gasteiger partial charge in [-0.2, -0.15) is 0 Å². The van der Waals surface area contributed by atoms with Crippen molar-refractivity contribution in [3.05, 3.63) is 25.4 Å². The Morgan fingerprint density at radius 1 is 1.22 bits per heavy atom. The van der Waals surface area contributed by atoms with Crippen LogP contribution in [0.1, 0.15) is 0 Å². The second kappa shape index (κ2) is 23.5. The van der Waals surface area contributed by atoms with E-state index in [9.17, 15) is 0 Å². The van der Waals surface area contributed by atoms with Crippen LogP contribution in [0.3, 0.4) is 0 Å². The molecule has 0 unspecified atom stereocenters. The molecular formula is N2Na2O5. The SMILES string of the molecule is O=N[O-].O=[N+]([O-])[O-].[Na+].[Na+]. The molecule has 0 aliphatic rings. The number of hydrogen-bond acceptors (Lipinski definition) is 6. The second-order valence-corrected chi connectivity index (χ2v) is 0.298. The maximum absolute atomic E-state index is 8.25. The topological polar surface area (TPSA) is 119 Å². The van der Waals surface area contributed by atoms with Crippen molar-refractivity contribution in [2.24, 2.45) is 5.34 Å². The summed E-state index contributed by atoms with van der Waals surface area (Å²) in [6.07, 6.45) is 0. The maximum Gasteiger partial charge on any atom is 1.00 e. The van der Waals surface area contributed by atoms with Crippen molar-refractivity contribution in [3.8, 4) is 0 Å². The minimum Gasteiger partial charge on any atom is -0.444 e. The molecule has 0 N–H and O–H groups in total. The first-order valence-corrected chi connectivity index (χ1v) is 0.913. The van der Waals surface area contributed by atoms with Gasteiger partial charge in [-0.15, -0.1) is 5.34 Å². The monoisotopic (exact) mass is 154 g/mol. The van der Waals surface area contributed by atoms with Gasteiger partial charge in [0.15, 0.2) is 0 Å². The molecular weight excluding hydrogens is 154 g/mol. The van der Waals surface area contributed by atoms with Crippen molar-refractivity contribution < 1.29 is 64.2 Å². The fourth-order valence-corrected chi connectivity index (χ4v) is 0. The molecule has 42 valence electrons. The summed E-state index contributed by atoms with van der Waals surface area (Å²) in [5.74, 6) is 0. The van der Waals surface area contributed by atoms with Gasteiger partial charge in [0.1, 0.15) is 0 Å². The van der Waals surface area contributed by atoms with E-state index in [4.69, 9.17) is 25.4 Å². The molecule has 9 heteroatoms.